The Labute approximate surface area is 106 Å². The summed E-state index contributed by atoms with van der Waals surface area (Å²) in [5.74, 6) is 1.57. The molecule has 1 saturated carbocycles. The van der Waals surface area contributed by atoms with E-state index >= 15 is 0 Å². The average Bonchev–Trinajstić information content (AvgIpc) is 2.39. The van der Waals surface area contributed by atoms with Crippen molar-refractivity contribution in [2.75, 3.05) is 0 Å². The average molecular weight is 234 g/mol. The highest BCUT2D eigenvalue weighted by Crippen LogP contribution is 2.46. The molecule has 1 aliphatic heterocycles. The quantitative estimate of drug-likeness (QED) is 0.640. The molecule has 3 rings (SSSR count). The molecule has 0 aromatic carbocycles. The monoisotopic (exact) mass is 234 g/mol. The maximum atomic E-state index is 6.46. The maximum absolute atomic E-state index is 6.46. The van der Waals surface area contributed by atoms with Gasteiger partial charge in [0.1, 0.15) is 0 Å². The van der Waals surface area contributed by atoms with Crippen molar-refractivity contribution >= 4 is 0 Å². The lowest BCUT2D eigenvalue weighted by Gasteiger charge is -2.47. The lowest BCUT2D eigenvalue weighted by Crippen LogP contribution is -2.45. The lowest BCUT2D eigenvalue weighted by molar-refractivity contribution is -0.106. The normalized spacial score (nSPS) is 41.4. The summed E-state index contributed by atoms with van der Waals surface area (Å²) in [6, 6.07) is 0. The van der Waals surface area contributed by atoms with Gasteiger partial charge in [0.25, 0.3) is 0 Å². The summed E-state index contributed by atoms with van der Waals surface area (Å²) in [7, 11) is 0. The van der Waals surface area contributed by atoms with Crippen molar-refractivity contribution in [2.45, 2.75) is 76.9 Å². The Morgan fingerprint density at radius 3 is 2.82 bits per heavy atom. The first kappa shape index (κ1) is 11.8. The summed E-state index contributed by atoms with van der Waals surface area (Å²) in [6.45, 7) is 2.29. The van der Waals surface area contributed by atoms with E-state index in [2.05, 4.69) is 13.0 Å². The molecule has 1 heteroatoms. The minimum absolute atomic E-state index is 0.547. The number of hydrogen-bond acceptors (Lipinski definition) is 1. The van der Waals surface area contributed by atoms with Crippen LogP contribution in [-0.4, -0.2) is 12.2 Å². The predicted octanol–water partition coefficient (Wildman–Crippen LogP) is 4.47. The van der Waals surface area contributed by atoms with Crippen LogP contribution in [0.2, 0.25) is 0 Å². The molecular weight excluding hydrogens is 208 g/mol. The van der Waals surface area contributed by atoms with Gasteiger partial charge in [0.05, 0.1) is 12.2 Å². The SMILES string of the molecule is CCC[C@H]1O[C@@H]2CCCC[C@@H]2C2=CCCC[C@H]21. The lowest BCUT2D eigenvalue weighted by atomic mass is 9.68. The molecule has 2 fully saturated rings. The maximum Gasteiger partial charge on any atom is 0.0644 e. The van der Waals surface area contributed by atoms with Crippen molar-refractivity contribution in [1.29, 1.82) is 0 Å². The third-order valence-corrected chi connectivity index (χ3v) is 5.03. The second kappa shape index (κ2) is 5.14. The third-order valence-electron chi connectivity index (χ3n) is 5.03. The molecule has 0 bridgehead atoms. The van der Waals surface area contributed by atoms with Crippen molar-refractivity contribution < 1.29 is 4.74 Å². The summed E-state index contributed by atoms with van der Waals surface area (Å²) in [5.41, 5.74) is 1.81. The van der Waals surface area contributed by atoms with E-state index in [0.717, 1.165) is 11.8 Å². The smallest absolute Gasteiger partial charge is 0.0644 e. The van der Waals surface area contributed by atoms with E-state index < -0.39 is 0 Å². The van der Waals surface area contributed by atoms with E-state index in [1.165, 1.54) is 57.8 Å². The van der Waals surface area contributed by atoms with E-state index in [4.69, 9.17) is 4.74 Å². The Morgan fingerprint density at radius 1 is 1.12 bits per heavy atom. The van der Waals surface area contributed by atoms with Gasteiger partial charge in [-0.25, -0.2) is 0 Å². The van der Waals surface area contributed by atoms with Crippen LogP contribution in [0, 0.1) is 11.8 Å². The van der Waals surface area contributed by atoms with E-state index in [1.807, 2.05) is 5.57 Å². The summed E-state index contributed by atoms with van der Waals surface area (Å²) < 4.78 is 6.46. The van der Waals surface area contributed by atoms with Crippen LogP contribution >= 0.6 is 0 Å². The van der Waals surface area contributed by atoms with Gasteiger partial charge in [-0.05, 0) is 38.5 Å². The van der Waals surface area contributed by atoms with Crippen molar-refractivity contribution in [3.63, 3.8) is 0 Å². The van der Waals surface area contributed by atoms with E-state index in [0.29, 0.717) is 12.2 Å². The Morgan fingerprint density at radius 2 is 1.94 bits per heavy atom. The van der Waals surface area contributed by atoms with Crippen LogP contribution in [0.25, 0.3) is 0 Å². The second-order valence-corrected chi connectivity index (χ2v) is 6.13. The Hall–Kier alpha value is -0.300. The Kier molecular flexibility index (Phi) is 3.56. The Balaban J connectivity index is 1.83. The molecule has 1 saturated heterocycles. The van der Waals surface area contributed by atoms with E-state index in [1.54, 1.807) is 0 Å². The van der Waals surface area contributed by atoms with Crippen LogP contribution in [0.1, 0.15) is 64.7 Å². The fraction of sp³-hybridized carbons (Fsp3) is 0.875. The van der Waals surface area contributed by atoms with E-state index in [-0.39, 0.29) is 0 Å². The molecule has 2 aliphatic carbocycles. The van der Waals surface area contributed by atoms with Crippen molar-refractivity contribution in [1.82, 2.24) is 0 Å². The highest BCUT2D eigenvalue weighted by atomic mass is 16.5. The highest BCUT2D eigenvalue weighted by Gasteiger charge is 2.42. The van der Waals surface area contributed by atoms with Crippen LogP contribution in [0.3, 0.4) is 0 Å². The summed E-state index contributed by atoms with van der Waals surface area (Å²) in [4.78, 5) is 0. The first-order chi connectivity index (χ1) is 8.40. The van der Waals surface area contributed by atoms with Crippen LogP contribution in [0.4, 0.5) is 0 Å². The second-order valence-electron chi connectivity index (χ2n) is 6.13. The molecule has 4 atom stereocenters. The molecule has 96 valence electrons. The third kappa shape index (κ3) is 2.19. The number of rotatable bonds is 2. The van der Waals surface area contributed by atoms with Crippen molar-refractivity contribution in [2.24, 2.45) is 11.8 Å². The minimum atomic E-state index is 0.547. The van der Waals surface area contributed by atoms with Crippen LogP contribution < -0.4 is 0 Å². The van der Waals surface area contributed by atoms with Gasteiger partial charge in [-0.1, -0.05) is 37.8 Å². The van der Waals surface area contributed by atoms with Crippen LogP contribution in [0.15, 0.2) is 11.6 Å². The summed E-state index contributed by atoms with van der Waals surface area (Å²) >= 11 is 0. The Bertz CT molecular complexity index is 294. The molecule has 0 unspecified atom stereocenters. The van der Waals surface area contributed by atoms with Gasteiger partial charge >= 0.3 is 0 Å². The minimum Gasteiger partial charge on any atom is -0.374 e. The van der Waals surface area contributed by atoms with Crippen LogP contribution in [-0.2, 0) is 4.74 Å². The highest BCUT2D eigenvalue weighted by molar-refractivity contribution is 5.20. The summed E-state index contributed by atoms with van der Waals surface area (Å²) in [5, 5.41) is 0. The number of allylic oxidation sites excluding steroid dienone is 1. The molecule has 3 aliphatic rings. The van der Waals surface area contributed by atoms with Crippen molar-refractivity contribution in [3.05, 3.63) is 11.6 Å². The zero-order valence-corrected chi connectivity index (χ0v) is 11.2. The predicted molar refractivity (Wildman–Crippen MR) is 71.0 cm³/mol. The largest absolute Gasteiger partial charge is 0.374 e. The number of ether oxygens (including phenoxy) is 1. The van der Waals surface area contributed by atoms with Crippen LogP contribution in [0.5, 0.6) is 0 Å². The first-order valence-electron chi connectivity index (χ1n) is 7.75. The van der Waals surface area contributed by atoms with Gasteiger partial charge < -0.3 is 4.74 Å². The summed E-state index contributed by atoms with van der Waals surface area (Å²) in [6.07, 6.45) is 15.9. The van der Waals surface area contributed by atoms with E-state index in [9.17, 15) is 0 Å². The molecular formula is C16H26O. The molecule has 1 nitrogen and oxygen atoms in total. The fourth-order valence-electron chi connectivity index (χ4n) is 4.27. The van der Waals surface area contributed by atoms with Gasteiger partial charge in [0.15, 0.2) is 0 Å². The molecule has 0 spiro atoms. The van der Waals surface area contributed by atoms with Gasteiger partial charge in [-0.2, -0.15) is 0 Å². The molecule has 0 aromatic heterocycles. The number of hydrogen-bond donors (Lipinski definition) is 0. The fourth-order valence-corrected chi connectivity index (χ4v) is 4.27. The molecule has 17 heavy (non-hydrogen) atoms. The van der Waals surface area contributed by atoms with Crippen molar-refractivity contribution in [3.8, 4) is 0 Å². The van der Waals surface area contributed by atoms with Gasteiger partial charge in [0.2, 0.25) is 0 Å². The number of fused-ring (bicyclic) bond motifs is 3. The standard InChI is InChI=1S/C16H26O/c1-2-7-15-13-9-4-3-8-12(13)14-10-5-6-11-16(14)17-15/h8,13-16H,2-7,9-11H2,1H3/t13-,14-,15-,16-/m1/s1. The van der Waals surface area contributed by atoms with Gasteiger partial charge in [0, 0.05) is 11.8 Å². The molecule has 0 aromatic rings. The molecule has 1 heterocycles. The first-order valence-corrected chi connectivity index (χ1v) is 7.75. The molecule has 0 N–H and O–H groups in total. The zero-order chi connectivity index (χ0) is 11.7. The molecule has 0 radical (unpaired) electrons. The molecule has 0 amide bonds. The van der Waals surface area contributed by atoms with Gasteiger partial charge in [-0.15, -0.1) is 0 Å². The van der Waals surface area contributed by atoms with Gasteiger partial charge in [-0.3, -0.25) is 0 Å². The zero-order valence-electron chi connectivity index (χ0n) is 11.2. The topological polar surface area (TPSA) is 9.23 Å².